The van der Waals surface area contributed by atoms with Crippen LogP contribution in [0.3, 0.4) is 0 Å². The molecule has 0 saturated carbocycles. The van der Waals surface area contributed by atoms with Crippen molar-refractivity contribution >= 4 is 22.9 Å². The third-order valence-electron chi connectivity index (χ3n) is 4.63. The Kier molecular flexibility index (Phi) is 4.42. The zero-order valence-electron chi connectivity index (χ0n) is 13.9. The van der Waals surface area contributed by atoms with E-state index in [4.69, 9.17) is 4.42 Å². The summed E-state index contributed by atoms with van der Waals surface area (Å²) in [6.07, 6.45) is 1.39. The summed E-state index contributed by atoms with van der Waals surface area (Å²) in [5.41, 5.74) is 2.16. The van der Waals surface area contributed by atoms with Crippen LogP contribution < -0.4 is 11.1 Å². The molecule has 0 atom stereocenters. The Morgan fingerprint density at radius 3 is 2.67 bits per heavy atom. The number of oxazole rings is 1. The number of piperidine rings is 1. The molecule has 2 aromatic rings. The monoisotopic (exact) mass is 331 g/mol. The molecule has 24 heavy (non-hydrogen) atoms. The average Bonchev–Trinajstić information content (AvgIpc) is 2.87. The Balaban J connectivity index is 1.59. The van der Waals surface area contributed by atoms with Crippen molar-refractivity contribution in [2.45, 2.75) is 26.3 Å². The summed E-state index contributed by atoms with van der Waals surface area (Å²) in [6.45, 7) is 3.23. The first-order valence-electron chi connectivity index (χ1n) is 8.07. The molecular formula is C17H21N3O4. The smallest absolute Gasteiger partial charge is 0.408 e. The summed E-state index contributed by atoms with van der Waals surface area (Å²) in [4.78, 5) is 36.9. The van der Waals surface area contributed by atoms with Gasteiger partial charge in [-0.25, -0.2) is 4.79 Å². The fourth-order valence-electron chi connectivity index (χ4n) is 3.07. The first kappa shape index (κ1) is 16.3. The molecule has 7 heteroatoms. The fraction of sp³-hybridized carbons (Fsp3) is 0.471. The number of aryl methyl sites for hydroxylation is 1. The van der Waals surface area contributed by atoms with Crippen LogP contribution in [0.4, 0.5) is 0 Å². The van der Waals surface area contributed by atoms with Gasteiger partial charge < -0.3 is 14.6 Å². The van der Waals surface area contributed by atoms with Crippen LogP contribution in [0.2, 0.25) is 0 Å². The molecule has 0 aliphatic carbocycles. The van der Waals surface area contributed by atoms with Crippen molar-refractivity contribution in [1.82, 2.24) is 14.8 Å². The van der Waals surface area contributed by atoms with Crippen LogP contribution in [-0.2, 0) is 23.2 Å². The number of amides is 2. The lowest BCUT2D eigenvalue weighted by molar-refractivity contribution is -0.134. The van der Waals surface area contributed by atoms with Gasteiger partial charge in [0.05, 0.1) is 5.52 Å². The lowest BCUT2D eigenvalue weighted by Gasteiger charge is -2.30. The molecule has 0 unspecified atom stereocenters. The molecule has 1 fully saturated rings. The maximum atomic E-state index is 12.3. The number of carbonyl (C=O) groups is 2. The number of rotatable bonds is 3. The lowest BCUT2D eigenvalue weighted by atomic mass is 9.96. The second-order valence-electron chi connectivity index (χ2n) is 6.23. The first-order chi connectivity index (χ1) is 11.5. The molecular weight excluding hydrogens is 310 g/mol. The molecule has 1 aliphatic heterocycles. The van der Waals surface area contributed by atoms with Gasteiger partial charge in [0.1, 0.15) is 0 Å². The summed E-state index contributed by atoms with van der Waals surface area (Å²) < 4.78 is 6.53. The fourth-order valence-corrected chi connectivity index (χ4v) is 3.07. The molecule has 3 rings (SSSR count). The number of aromatic nitrogens is 1. The Morgan fingerprint density at radius 1 is 1.29 bits per heavy atom. The Labute approximate surface area is 139 Å². The summed E-state index contributed by atoms with van der Waals surface area (Å²) in [6, 6.07) is 5.42. The quantitative estimate of drug-likeness (QED) is 0.909. The number of hydrogen-bond acceptors (Lipinski definition) is 4. The van der Waals surface area contributed by atoms with Gasteiger partial charge in [0.2, 0.25) is 11.8 Å². The maximum absolute atomic E-state index is 12.3. The number of nitrogens with zero attached hydrogens (tertiary/aromatic N) is 2. The minimum atomic E-state index is -0.400. The SMILES string of the molecule is CC(=O)N1CCC(C(=O)NCc2ccc3oc(=O)n(C)c3c2)CC1. The van der Waals surface area contributed by atoms with Gasteiger partial charge in [-0.15, -0.1) is 0 Å². The van der Waals surface area contributed by atoms with Crippen LogP contribution in [0.15, 0.2) is 27.4 Å². The van der Waals surface area contributed by atoms with E-state index in [1.807, 2.05) is 12.1 Å². The van der Waals surface area contributed by atoms with E-state index in [0.29, 0.717) is 43.6 Å². The molecule has 1 aromatic carbocycles. The van der Waals surface area contributed by atoms with Crippen LogP contribution in [-0.4, -0.2) is 34.4 Å². The highest BCUT2D eigenvalue weighted by molar-refractivity contribution is 5.80. The first-order valence-corrected chi connectivity index (χ1v) is 8.07. The van der Waals surface area contributed by atoms with Gasteiger partial charge in [-0.1, -0.05) is 6.07 Å². The highest BCUT2D eigenvalue weighted by Crippen LogP contribution is 2.18. The number of fused-ring (bicyclic) bond motifs is 1. The maximum Gasteiger partial charge on any atom is 0.419 e. The van der Waals surface area contributed by atoms with Crippen molar-refractivity contribution in [3.63, 3.8) is 0 Å². The van der Waals surface area contributed by atoms with Crippen LogP contribution in [0, 0.1) is 5.92 Å². The Hall–Kier alpha value is -2.57. The Bertz CT molecular complexity index is 828. The van der Waals surface area contributed by atoms with Gasteiger partial charge in [-0.2, -0.15) is 0 Å². The van der Waals surface area contributed by atoms with E-state index >= 15 is 0 Å². The number of carbonyl (C=O) groups excluding carboxylic acids is 2. The van der Waals surface area contributed by atoms with Crippen LogP contribution in [0.25, 0.3) is 11.1 Å². The molecule has 1 N–H and O–H groups in total. The minimum absolute atomic E-state index is 0.0133. The highest BCUT2D eigenvalue weighted by atomic mass is 16.4. The largest absolute Gasteiger partial charge is 0.419 e. The predicted octanol–water partition coefficient (Wildman–Crippen LogP) is 1.01. The number of nitrogens with one attached hydrogen (secondary N) is 1. The summed E-state index contributed by atoms with van der Waals surface area (Å²) in [5, 5.41) is 2.94. The van der Waals surface area contributed by atoms with Crippen molar-refractivity contribution in [2.75, 3.05) is 13.1 Å². The molecule has 1 aromatic heterocycles. The van der Waals surface area contributed by atoms with E-state index in [9.17, 15) is 14.4 Å². The van der Waals surface area contributed by atoms with Gasteiger partial charge in [0, 0.05) is 39.5 Å². The number of likely N-dealkylation sites (tertiary alicyclic amines) is 1. The van der Waals surface area contributed by atoms with Crippen LogP contribution in [0.5, 0.6) is 0 Å². The molecule has 0 bridgehead atoms. The van der Waals surface area contributed by atoms with E-state index in [1.165, 1.54) is 4.57 Å². The zero-order valence-corrected chi connectivity index (χ0v) is 13.9. The molecule has 7 nitrogen and oxygen atoms in total. The van der Waals surface area contributed by atoms with Gasteiger partial charge in [-0.3, -0.25) is 14.2 Å². The van der Waals surface area contributed by atoms with Gasteiger partial charge in [-0.05, 0) is 30.5 Å². The second kappa shape index (κ2) is 6.51. The van der Waals surface area contributed by atoms with E-state index in [0.717, 1.165) is 5.56 Å². The van der Waals surface area contributed by atoms with E-state index < -0.39 is 5.76 Å². The molecule has 2 heterocycles. The third kappa shape index (κ3) is 3.20. The average molecular weight is 331 g/mol. The molecule has 0 spiro atoms. The zero-order chi connectivity index (χ0) is 17.3. The van der Waals surface area contributed by atoms with E-state index in [2.05, 4.69) is 5.32 Å². The lowest BCUT2D eigenvalue weighted by Crippen LogP contribution is -2.42. The molecule has 128 valence electrons. The molecule has 2 amide bonds. The number of hydrogen-bond donors (Lipinski definition) is 1. The predicted molar refractivity (Wildman–Crippen MR) is 88.3 cm³/mol. The second-order valence-corrected chi connectivity index (χ2v) is 6.23. The third-order valence-corrected chi connectivity index (χ3v) is 4.63. The molecule has 1 aliphatic rings. The van der Waals surface area contributed by atoms with Crippen molar-refractivity contribution in [3.8, 4) is 0 Å². The topological polar surface area (TPSA) is 84.6 Å². The highest BCUT2D eigenvalue weighted by Gasteiger charge is 2.25. The standard InChI is InChI=1S/C17H21N3O4/c1-11(21)20-7-5-13(6-8-20)16(22)18-10-12-3-4-15-14(9-12)19(2)17(23)24-15/h3-4,9,13H,5-8,10H2,1-2H3,(H,18,22). The normalized spacial score (nSPS) is 15.7. The van der Waals surface area contributed by atoms with Gasteiger partial charge in [0.25, 0.3) is 0 Å². The molecule has 0 radical (unpaired) electrons. The Morgan fingerprint density at radius 2 is 2.00 bits per heavy atom. The van der Waals surface area contributed by atoms with Gasteiger partial charge >= 0.3 is 5.76 Å². The minimum Gasteiger partial charge on any atom is -0.408 e. The van der Waals surface area contributed by atoms with E-state index in [1.54, 1.807) is 24.9 Å². The van der Waals surface area contributed by atoms with Crippen molar-refractivity contribution < 1.29 is 14.0 Å². The summed E-state index contributed by atoms with van der Waals surface area (Å²) in [7, 11) is 1.65. The van der Waals surface area contributed by atoms with Crippen molar-refractivity contribution in [3.05, 3.63) is 34.3 Å². The van der Waals surface area contributed by atoms with Crippen molar-refractivity contribution in [2.24, 2.45) is 13.0 Å². The summed E-state index contributed by atoms with van der Waals surface area (Å²) in [5.74, 6) is -0.377. The summed E-state index contributed by atoms with van der Waals surface area (Å²) >= 11 is 0. The van der Waals surface area contributed by atoms with E-state index in [-0.39, 0.29) is 17.7 Å². The van der Waals surface area contributed by atoms with Crippen LogP contribution in [0.1, 0.15) is 25.3 Å². The van der Waals surface area contributed by atoms with Crippen molar-refractivity contribution in [1.29, 1.82) is 0 Å². The number of benzene rings is 1. The van der Waals surface area contributed by atoms with Gasteiger partial charge in [0.15, 0.2) is 5.58 Å². The molecule has 1 saturated heterocycles. The van der Waals surface area contributed by atoms with Crippen LogP contribution >= 0.6 is 0 Å².